The molecule has 0 bridgehead atoms. The first kappa shape index (κ1) is 23.9. The first-order chi connectivity index (χ1) is 16.7. The molecule has 1 atom stereocenters. The molecule has 6 nitrogen and oxygen atoms in total. The zero-order valence-corrected chi connectivity index (χ0v) is 21.9. The smallest absolute Gasteiger partial charge is 0.227 e. The summed E-state index contributed by atoms with van der Waals surface area (Å²) in [5.74, 6) is 2.23. The van der Waals surface area contributed by atoms with Crippen molar-refractivity contribution in [1.29, 1.82) is 0 Å². The highest BCUT2D eigenvalue weighted by Gasteiger charge is 2.42. The van der Waals surface area contributed by atoms with Gasteiger partial charge in [-0.05, 0) is 55.0 Å². The number of ether oxygens (including phenoxy) is 1. The molecule has 0 saturated carbocycles. The molecule has 2 aromatic carbocycles. The van der Waals surface area contributed by atoms with Gasteiger partial charge in [-0.3, -0.25) is 4.79 Å². The van der Waals surface area contributed by atoms with Gasteiger partial charge in [0.2, 0.25) is 11.1 Å². The van der Waals surface area contributed by atoms with Crippen molar-refractivity contribution >= 4 is 35.1 Å². The lowest BCUT2D eigenvalue weighted by molar-refractivity contribution is -0.118. The number of fused-ring (bicyclic) bond motifs is 1. The summed E-state index contributed by atoms with van der Waals surface area (Å²) in [6.07, 6.45) is 1.34. The average Bonchev–Trinajstić information content (AvgIpc) is 3.18. The highest BCUT2D eigenvalue weighted by molar-refractivity contribution is 7.98. The van der Waals surface area contributed by atoms with E-state index in [4.69, 9.17) is 26.4 Å². The Bertz CT molecular complexity index is 1310. The Kier molecular flexibility index (Phi) is 6.40. The van der Waals surface area contributed by atoms with Gasteiger partial charge in [0, 0.05) is 28.5 Å². The van der Waals surface area contributed by atoms with Crippen LogP contribution in [0.15, 0.2) is 65.0 Å². The van der Waals surface area contributed by atoms with Crippen LogP contribution < -0.4 is 10.1 Å². The van der Waals surface area contributed by atoms with E-state index < -0.39 is 0 Å². The van der Waals surface area contributed by atoms with E-state index in [2.05, 4.69) is 19.2 Å². The lowest BCUT2D eigenvalue weighted by atomic mass is 9.73. The van der Waals surface area contributed by atoms with Crippen LogP contribution in [-0.2, 0) is 10.5 Å². The fraction of sp³-hybridized carbons (Fsp3) is 0.370. The van der Waals surface area contributed by atoms with Gasteiger partial charge >= 0.3 is 0 Å². The zero-order chi connectivity index (χ0) is 24.7. The van der Waals surface area contributed by atoms with Crippen molar-refractivity contribution in [3.8, 4) is 5.75 Å². The number of thioether (sulfide) groups is 1. The number of hydrogen-bond acceptors (Lipinski definition) is 6. The second kappa shape index (κ2) is 9.36. The minimum atomic E-state index is -0.359. The van der Waals surface area contributed by atoms with Gasteiger partial charge in [-0.25, -0.2) is 4.68 Å². The number of hydrogen-bond donors (Lipinski definition) is 1. The summed E-state index contributed by atoms with van der Waals surface area (Å²) in [6.45, 7) is 8.27. The van der Waals surface area contributed by atoms with Crippen molar-refractivity contribution in [3.05, 3.63) is 76.0 Å². The third kappa shape index (κ3) is 4.98. The molecule has 1 aromatic heterocycles. The second-order valence-corrected chi connectivity index (χ2v) is 11.5. The van der Waals surface area contributed by atoms with Gasteiger partial charge in [0.05, 0.1) is 6.10 Å². The maximum atomic E-state index is 13.4. The van der Waals surface area contributed by atoms with Crippen LogP contribution in [-0.4, -0.2) is 26.7 Å². The molecule has 8 heteroatoms. The predicted octanol–water partition coefficient (Wildman–Crippen LogP) is 6.67. The van der Waals surface area contributed by atoms with Gasteiger partial charge in [0.25, 0.3) is 0 Å². The molecule has 0 amide bonds. The normalized spacial score (nSPS) is 18.8. The Balaban J connectivity index is 1.54. The number of rotatable bonds is 6. The molecule has 1 aliphatic carbocycles. The molecule has 5 rings (SSSR count). The number of nitrogens with one attached hydrogen (secondary N) is 1. The molecule has 1 N–H and O–H groups in total. The van der Waals surface area contributed by atoms with Crippen molar-refractivity contribution < 1.29 is 9.53 Å². The number of carbonyl (C=O) groups is 1. The number of nitrogens with zero attached hydrogens (tertiary/aromatic N) is 3. The van der Waals surface area contributed by atoms with Crippen LogP contribution in [0.1, 0.15) is 57.7 Å². The number of allylic oxidation sites excluding steroid dienone is 2. The van der Waals surface area contributed by atoms with Crippen molar-refractivity contribution in [3.63, 3.8) is 0 Å². The van der Waals surface area contributed by atoms with Crippen LogP contribution in [0, 0.1) is 5.41 Å². The summed E-state index contributed by atoms with van der Waals surface area (Å²) in [5.41, 5.74) is 3.59. The number of ketones is 1. The first-order valence-corrected chi connectivity index (χ1v) is 13.2. The van der Waals surface area contributed by atoms with Crippen LogP contribution in [0.3, 0.4) is 0 Å². The molecule has 0 radical (unpaired) electrons. The highest BCUT2D eigenvalue weighted by Crippen LogP contribution is 2.46. The zero-order valence-electron chi connectivity index (χ0n) is 20.3. The summed E-state index contributed by atoms with van der Waals surface area (Å²) in [4.78, 5) is 18.2. The molecule has 2 aliphatic rings. The molecule has 1 aliphatic heterocycles. The van der Waals surface area contributed by atoms with Crippen LogP contribution in [0.2, 0.25) is 5.02 Å². The van der Waals surface area contributed by atoms with Gasteiger partial charge in [0.15, 0.2) is 5.78 Å². The van der Waals surface area contributed by atoms with Gasteiger partial charge in [0.1, 0.15) is 11.8 Å². The van der Waals surface area contributed by atoms with Gasteiger partial charge in [-0.2, -0.15) is 4.98 Å². The number of halogens is 1. The number of benzene rings is 2. The summed E-state index contributed by atoms with van der Waals surface area (Å²) < 4.78 is 7.80. The number of aromatic nitrogens is 3. The van der Waals surface area contributed by atoms with Gasteiger partial charge in [-0.15, -0.1) is 5.10 Å². The Hall–Kier alpha value is -2.77. The second-order valence-electron chi connectivity index (χ2n) is 10.1. The molecule has 35 heavy (non-hydrogen) atoms. The van der Waals surface area contributed by atoms with Crippen LogP contribution in [0.5, 0.6) is 5.75 Å². The standard InChI is InChI=1S/C27H29ClN4O2S/c1-16(2)34-19-10-7-9-17(12-19)24-23-21(13-27(3,4)14-22(23)33)29-25-30-26(31-32(24)25)35-15-18-8-5-6-11-20(18)28/h5-12,16,24H,13-15H2,1-4H3,(H,29,30,31). The molecule has 182 valence electrons. The Morgan fingerprint density at radius 2 is 2.00 bits per heavy atom. The quantitative estimate of drug-likeness (QED) is 0.375. The monoisotopic (exact) mass is 508 g/mol. The molecule has 1 unspecified atom stereocenters. The summed E-state index contributed by atoms with van der Waals surface area (Å²) in [7, 11) is 0. The minimum absolute atomic E-state index is 0.0555. The van der Waals surface area contributed by atoms with Crippen LogP contribution in [0.25, 0.3) is 0 Å². The molecular weight excluding hydrogens is 480 g/mol. The van der Waals surface area contributed by atoms with Crippen molar-refractivity contribution in [2.45, 2.75) is 63.6 Å². The van der Waals surface area contributed by atoms with E-state index >= 15 is 0 Å². The largest absolute Gasteiger partial charge is 0.491 e. The Labute approximate surface area is 215 Å². The van der Waals surface area contributed by atoms with Crippen molar-refractivity contribution in [1.82, 2.24) is 14.8 Å². The number of anilines is 1. The fourth-order valence-corrected chi connectivity index (χ4v) is 5.86. The maximum Gasteiger partial charge on any atom is 0.227 e. The molecule has 0 spiro atoms. The van der Waals surface area contributed by atoms with E-state index in [-0.39, 0.29) is 23.3 Å². The first-order valence-electron chi connectivity index (χ1n) is 11.8. The number of carbonyl (C=O) groups excluding carboxylic acids is 1. The lowest BCUT2D eigenvalue weighted by Crippen LogP contribution is -2.36. The Morgan fingerprint density at radius 1 is 1.20 bits per heavy atom. The number of Topliss-reactive ketones (excluding diaryl/α,β-unsaturated/α-hetero) is 1. The molecular formula is C27H29ClN4O2S. The lowest BCUT2D eigenvalue weighted by Gasteiger charge is -2.38. The van der Waals surface area contributed by atoms with Crippen LogP contribution in [0.4, 0.5) is 5.95 Å². The SMILES string of the molecule is CC(C)Oc1cccc(C2C3=C(CC(C)(C)CC3=O)Nc3nc(SCc4ccccc4Cl)nn32)c1. The fourth-order valence-electron chi connectivity index (χ4n) is 4.75. The van der Waals surface area contributed by atoms with E-state index in [0.717, 1.165) is 39.6 Å². The van der Waals surface area contributed by atoms with E-state index in [1.54, 1.807) is 0 Å². The summed E-state index contributed by atoms with van der Waals surface area (Å²) in [6, 6.07) is 15.4. The van der Waals surface area contributed by atoms with E-state index in [1.165, 1.54) is 11.8 Å². The third-order valence-electron chi connectivity index (χ3n) is 6.17. The summed E-state index contributed by atoms with van der Waals surface area (Å²) >= 11 is 7.87. The predicted molar refractivity (Wildman–Crippen MR) is 140 cm³/mol. The molecule has 2 heterocycles. The maximum absolute atomic E-state index is 13.4. The van der Waals surface area contributed by atoms with Crippen molar-refractivity contribution in [2.24, 2.45) is 5.41 Å². The minimum Gasteiger partial charge on any atom is -0.491 e. The van der Waals surface area contributed by atoms with E-state index in [1.807, 2.05) is 67.1 Å². The summed E-state index contributed by atoms with van der Waals surface area (Å²) in [5, 5.41) is 9.65. The molecule has 0 saturated heterocycles. The Morgan fingerprint density at radius 3 is 2.77 bits per heavy atom. The van der Waals surface area contributed by atoms with E-state index in [9.17, 15) is 4.79 Å². The van der Waals surface area contributed by atoms with Crippen LogP contribution >= 0.6 is 23.4 Å². The topological polar surface area (TPSA) is 69.0 Å². The highest BCUT2D eigenvalue weighted by atomic mass is 35.5. The third-order valence-corrected chi connectivity index (χ3v) is 7.43. The van der Waals surface area contributed by atoms with Gasteiger partial charge < -0.3 is 10.1 Å². The molecule has 0 fully saturated rings. The average molecular weight is 509 g/mol. The van der Waals surface area contributed by atoms with E-state index in [0.29, 0.717) is 23.3 Å². The van der Waals surface area contributed by atoms with Gasteiger partial charge in [-0.1, -0.05) is 67.5 Å². The molecule has 3 aromatic rings. The van der Waals surface area contributed by atoms with Crippen molar-refractivity contribution in [2.75, 3.05) is 5.32 Å².